The van der Waals surface area contributed by atoms with E-state index in [1.54, 1.807) is 24.3 Å². The Balaban J connectivity index is 1.37. The second kappa shape index (κ2) is 7.96. The number of sulfone groups is 1. The number of anilines is 1. The fraction of sp³-hybridized carbons (Fsp3) is 0.238. The number of carbonyl (C=O) groups excluding carboxylic acids is 1. The Labute approximate surface area is 173 Å². The van der Waals surface area contributed by atoms with Gasteiger partial charge in [-0.05, 0) is 42.8 Å². The second-order valence-electron chi connectivity index (χ2n) is 6.89. The first-order valence-corrected chi connectivity index (χ1v) is 11.7. The van der Waals surface area contributed by atoms with Crippen molar-refractivity contribution in [2.75, 3.05) is 17.7 Å². The molecule has 1 aromatic heterocycles. The maximum atomic E-state index is 12.4. The number of fused-ring (bicyclic) bond motifs is 1. The highest BCUT2D eigenvalue weighted by molar-refractivity contribution is 7.91. The number of ether oxygens (including phenoxy) is 1. The van der Waals surface area contributed by atoms with Crippen LogP contribution in [0.1, 0.15) is 17.5 Å². The maximum Gasteiger partial charge on any atom is 0.227 e. The number of nitrogens with zero attached hydrogens (tertiary/aromatic N) is 1. The molecule has 0 saturated carbocycles. The lowest BCUT2D eigenvalue weighted by Crippen LogP contribution is -2.17. The van der Waals surface area contributed by atoms with Crippen LogP contribution in [0, 0.1) is 6.92 Å². The maximum absolute atomic E-state index is 12.4. The highest BCUT2D eigenvalue weighted by Gasteiger charge is 2.18. The van der Waals surface area contributed by atoms with Crippen molar-refractivity contribution in [1.82, 2.24) is 4.98 Å². The second-order valence-corrected chi connectivity index (χ2v) is 9.86. The lowest BCUT2D eigenvalue weighted by atomic mass is 10.1. The van der Waals surface area contributed by atoms with Crippen LogP contribution < -0.4 is 10.1 Å². The Morgan fingerprint density at radius 2 is 2.00 bits per heavy atom. The van der Waals surface area contributed by atoms with Gasteiger partial charge in [0, 0.05) is 23.8 Å². The number of nitrogens with one attached hydrogen (secondary N) is 1. The predicted octanol–water partition coefficient (Wildman–Crippen LogP) is 3.86. The fourth-order valence-electron chi connectivity index (χ4n) is 3.08. The summed E-state index contributed by atoms with van der Waals surface area (Å²) in [5.74, 6) is 0.293. The summed E-state index contributed by atoms with van der Waals surface area (Å²) in [6, 6.07) is 12.6. The number of aryl methyl sites for hydroxylation is 1. The Hall–Kier alpha value is -2.71. The van der Waals surface area contributed by atoms with Gasteiger partial charge in [0.2, 0.25) is 5.91 Å². The molecular weight excluding hydrogens is 408 g/mol. The minimum atomic E-state index is -3.50. The summed E-state index contributed by atoms with van der Waals surface area (Å²) < 4.78 is 30.3. The normalized spacial score (nSPS) is 13.0. The van der Waals surface area contributed by atoms with Crippen LogP contribution >= 0.6 is 11.3 Å². The van der Waals surface area contributed by atoms with Crippen LogP contribution in [0.15, 0.2) is 52.7 Å². The number of aromatic nitrogens is 1. The van der Waals surface area contributed by atoms with E-state index in [1.807, 2.05) is 24.4 Å². The molecule has 150 valence electrons. The molecule has 1 amide bonds. The molecule has 8 heteroatoms. The van der Waals surface area contributed by atoms with Crippen LogP contribution in [0.2, 0.25) is 0 Å². The van der Waals surface area contributed by atoms with Crippen molar-refractivity contribution in [3.63, 3.8) is 0 Å². The van der Waals surface area contributed by atoms with Gasteiger partial charge in [-0.1, -0.05) is 17.7 Å². The van der Waals surface area contributed by atoms with Crippen molar-refractivity contribution in [3.8, 4) is 17.0 Å². The molecule has 0 unspecified atom stereocenters. The highest BCUT2D eigenvalue weighted by Crippen LogP contribution is 2.32. The molecule has 3 aromatic rings. The first-order chi connectivity index (χ1) is 13.9. The number of hydrogen-bond donors (Lipinski definition) is 1. The summed E-state index contributed by atoms with van der Waals surface area (Å²) >= 11 is 1.31. The molecule has 0 bridgehead atoms. The minimum Gasteiger partial charge on any atom is -0.493 e. The Kier molecular flexibility index (Phi) is 5.38. The van der Waals surface area contributed by atoms with E-state index in [2.05, 4.69) is 16.4 Å². The zero-order valence-corrected chi connectivity index (χ0v) is 17.5. The summed E-state index contributed by atoms with van der Waals surface area (Å²) in [7, 11) is -3.50. The topological polar surface area (TPSA) is 85.4 Å². The number of rotatable bonds is 6. The summed E-state index contributed by atoms with van der Waals surface area (Å²) in [4.78, 5) is 16.9. The average Bonchev–Trinajstić information content (AvgIpc) is 3.35. The lowest BCUT2D eigenvalue weighted by molar-refractivity contribution is -0.115. The van der Waals surface area contributed by atoms with Crippen molar-refractivity contribution in [1.29, 1.82) is 0 Å². The Morgan fingerprint density at radius 1 is 1.21 bits per heavy atom. The molecule has 2 aromatic carbocycles. The van der Waals surface area contributed by atoms with Gasteiger partial charge in [0.15, 0.2) is 15.0 Å². The van der Waals surface area contributed by atoms with Crippen LogP contribution in [0.3, 0.4) is 0 Å². The quantitative estimate of drug-likeness (QED) is 0.644. The molecular formula is C21H20N2O4S2. The van der Waals surface area contributed by atoms with E-state index in [1.165, 1.54) is 11.3 Å². The van der Waals surface area contributed by atoms with Crippen LogP contribution in [-0.4, -0.2) is 31.7 Å². The zero-order valence-electron chi connectivity index (χ0n) is 15.8. The van der Waals surface area contributed by atoms with Crippen LogP contribution in [0.5, 0.6) is 5.75 Å². The molecule has 0 aliphatic carbocycles. The third kappa shape index (κ3) is 4.49. The average molecular weight is 429 g/mol. The van der Waals surface area contributed by atoms with Gasteiger partial charge in [-0.2, -0.15) is 0 Å². The van der Waals surface area contributed by atoms with Gasteiger partial charge < -0.3 is 10.1 Å². The van der Waals surface area contributed by atoms with Crippen molar-refractivity contribution in [2.45, 2.75) is 24.7 Å². The number of carbonyl (C=O) groups is 1. The molecule has 0 fully saturated rings. The van der Waals surface area contributed by atoms with Gasteiger partial charge in [-0.25, -0.2) is 13.4 Å². The molecule has 0 atom stereocenters. The number of amides is 1. The number of benzene rings is 2. The van der Waals surface area contributed by atoms with Crippen LogP contribution in [0.25, 0.3) is 11.3 Å². The minimum absolute atomic E-state index is 0.124. The number of thiazole rings is 1. The van der Waals surface area contributed by atoms with E-state index >= 15 is 0 Å². The van der Waals surface area contributed by atoms with Crippen molar-refractivity contribution >= 4 is 32.2 Å². The summed E-state index contributed by atoms with van der Waals surface area (Å²) in [6.07, 6.45) is 0.758. The monoisotopic (exact) mass is 428 g/mol. The molecule has 4 rings (SSSR count). The molecule has 1 aliphatic rings. The Morgan fingerprint density at radius 3 is 2.79 bits per heavy atom. The summed E-state index contributed by atoms with van der Waals surface area (Å²) in [6.45, 7) is 2.59. The standard InChI is InChI=1S/C21H20N2O4S2/c1-14-2-5-17(6-3-14)29(25,26)11-9-20(24)23-21-22-18(13-28-21)15-4-7-19-16(12-15)8-10-27-19/h2-7,12-13H,8-11H2,1H3,(H,22,23,24). The smallest absolute Gasteiger partial charge is 0.227 e. The third-order valence-electron chi connectivity index (χ3n) is 4.71. The van der Waals surface area contributed by atoms with E-state index in [0.29, 0.717) is 11.7 Å². The fourth-order valence-corrected chi connectivity index (χ4v) is 5.06. The van der Waals surface area contributed by atoms with E-state index in [4.69, 9.17) is 4.74 Å². The lowest BCUT2D eigenvalue weighted by Gasteiger charge is -2.05. The third-order valence-corrected chi connectivity index (χ3v) is 7.20. The van der Waals surface area contributed by atoms with Gasteiger partial charge in [-0.3, -0.25) is 4.79 Å². The molecule has 0 radical (unpaired) electrons. The SMILES string of the molecule is Cc1ccc(S(=O)(=O)CCC(=O)Nc2nc(-c3ccc4c(c3)CCO4)cs2)cc1. The van der Waals surface area contributed by atoms with E-state index in [0.717, 1.165) is 34.6 Å². The summed E-state index contributed by atoms with van der Waals surface area (Å²) in [5.41, 5.74) is 3.87. The van der Waals surface area contributed by atoms with E-state index in [-0.39, 0.29) is 23.0 Å². The van der Waals surface area contributed by atoms with Gasteiger partial charge in [0.25, 0.3) is 0 Å². The zero-order chi connectivity index (χ0) is 20.4. The number of hydrogen-bond acceptors (Lipinski definition) is 6. The largest absolute Gasteiger partial charge is 0.493 e. The first kappa shape index (κ1) is 19.6. The van der Waals surface area contributed by atoms with Gasteiger partial charge in [-0.15, -0.1) is 11.3 Å². The van der Waals surface area contributed by atoms with Gasteiger partial charge >= 0.3 is 0 Å². The summed E-state index contributed by atoms with van der Waals surface area (Å²) in [5, 5.41) is 5.02. The van der Waals surface area contributed by atoms with Gasteiger partial charge in [0.1, 0.15) is 5.75 Å². The molecule has 2 heterocycles. The molecule has 1 N–H and O–H groups in total. The molecule has 29 heavy (non-hydrogen) atoms. The van der Waals surface area contributed by atoms with Crippen molar-refractivity contribution < 1.29 is 17.9 Å². The molecule has 1 aliphatic heterocycles. The first-order valence-electron chi connectivity index (χ1n) is 9.22. The highest BCUT2D eigenvalue weighted by atomic mass is 32.2. The van der Waals surface area contributed by atoms with Crippen molar-refractivity contribution in [3.05, 3.63) is 59.0 Å². The van der Waals surface area contributed by atoms with E-state index in [9.17, 15) is 13.2 Å². The van der Waals surface area contributed by atoms with Crippen molar-refractivity contribution in [2.24, 2.45) is 0 Å². The van der Waals surface area contributed by atoms with E-state index < -0.39 is 9.84 Å². The van der Waals surface area contributed by atoms with Crippen LogP contribution in [0.4, 0.5) is 5.13 Å². The van der Waals surface area contributed by atoms with Crippen LogP contribution in [-0.2, 0) is 21.1 Å². The molecule has 6 nitrogen and oxygen atoms in total. The Bertz CT molecular complexity index is 1150. The van der Waals surface area contributed by atoms with Gasteiger partial charge in [0.05, 0.1) is 22.9 Å². The molecule has 0 saturated heterocycles. The predicted molar refractivity (Wildman–Crippen MR) is 113 cm³/mol. The molecule has 0 spiro atoms.